The van der Waals surface area contributed by atoms with Gasteiger partial charge in [-0.2, -0.15) is 0 Å². The smallest absolute Gasteiger partial charge is 0.224 e. The second-order valence-electron chi connectivity index (χ2n) is 5.10. The van der Waals surface area contributed by atoms with Crippen LogP contribution in [0.3, 0.4) is 0 Å². The van der Waals surface area contributed by atoms with E-state index in [-0.39, 0.29) is 5.91 Å². The largest absolute Gasteiger partial charge is 0.489 e. The minimum absolute atomic E-state index is 0.0819. The van der Waals surface area contributed by atoms with Gasteiger partial charge < -0.3 is 10.1 Å². The van der Waals surface area contributed by atoms with Gasteiger partial charge in [0.15, 0.2) is 0 Å². The van der Waals surface area contributed by atoms with E-state index in [0.717, 1.165) is 34.5 Å². The van der Waals surface area contributed by atoms with E-state index in [4.69, 9.17) is 4.74 Å². The first-order valence-corrected chi connectivity index (χ1v) is 7.01. The third-order valence-electron chi connectivity index (χ3n) is 3.59. The molecule has 1 aliphatic heterocycles. The van der Waals surface area contributed by atoms with Crippen molar-refractivity contribution in [1.29, 1.82) is 0 Å². The maximum Gasteiger partial charge on any atom is 0.224 e. The first-order chi connectivity index (χ1) is 10.2. The quantitative estimate of drug-likeness (QED) is 0.924. The molecule has 3 heteroatoms. The van der Waals surface area contributed by atoms with Gasteiger partial charge in [-0.25, -0.2) is 0 Å². The van der Waals surface area contributed by atoms with E-state index in [1.807, 2.05) is 48.5 Å². The Labute approximate surface area is 124 Å². The van der Waals surface area contributed by atoms with Crippen LogP contribution in [0.4, 0.5) is 5.69 Å². The summed E-state index contributed by atoms with van der Waals surface area (Å²) in [6.07, 6.45) is 3.13. The SMILES string of the molecule is C=Cc1ccc(COc2ccc3c(c2)CCC(=O)N3)cc1. The molecule has 0 atom stereocenters. The lowest BCUT2D eigenvalue weighted by atomic mass is 10.0. The first kappa shape index (κ1) is 13.4. The van der Waals surface area contributed by atoms with E-state index in [1.165, 1.54) is 0 Å². The van der Waals surface area contributed by atoms with Crippen molar-refractivity contribution in [3.8, 4) is 5.75 Å². The third-order valence-corrected chi connectivity index (χ3v) is 3.59. The average molecular weight is 279 g/mol. The summed E-state index contributed by atoms with van der Waals surface area (Å²) in [4.78, 5) is 11.3. The highest BCUT2D eigenvalue weighted by atomic mass is 16.5. The fraction of sp³-hybridized carbons (Fsp3) is 0.167. The minimum Gasteiger partial charge on any atom is -0.489 e. The molecule has 0 aliphatic carbocycles. The van der Waals surface area contributed by atoms with Crippen molar-refractivity contribution in [1.82, 2.24) is 0 Å². The fourth-order valence-corrected chi connectivity index (χ4v) is 2.37. The Morgan fingerprint density at radius 2 is 1.95 bits per heavy atom. The minimum atomic E-state index is 0.0819. The standard InChI is InChI=1S/C18H17NO2/c1-2-13-3-5-14(6-4-13)12-21-16-8-9-17-15(11-16)7-10-18(20)19-17/h2-6,8-9,11H,1,7,10,12H2,(H,19,20). The molecule has 3 nitrogen and oxygen atoms in total. The molecule has 106 valence electrons. The highest BCUT2D eigenvalue weighted by Crippen LogP contribution is 2.27. The molecule has 0 bridgehead atoms. The van der Waals surface area contributed by atoms with E-state index in [2.05, 4.69) is 11.9 Å². The molecule has 0 radical (unpaired) electrons. The molecule has 0 saturated heterocycles. The zero-order valence-corrected chi connectivity index (χ0v) is 11.8. The van der Waals surface area contributed by atoms with Crippen LogP contribution in [0, 0.1) is 0 Å². The molecule has 21 heavy (non-hydrogen) atoms. The summed E-state index contributed by atoms with van der Waals surface area (Å²) in [5.74, 6) is 0.913. The van der Waals surface area contributed by atoms with E-state index < -0.39 is 0 Å². The number of carbonyl (C=O) groups is 1. The van der Waals surface area contributed by atoms with Crippen LogP contribution >= 0.6 is 0 Å². The summed E-state index contributed by atoms with van der Waals surface area (Å²) < 4.78 is 5.82. The van der Waals surface area contributed by atoms with Crippen LogP contribution in [-0.4, -0.2) is 5.91 Å². The summed E-state index contributed by atoms with van der Waals surface area (Å²) in [5, 5.41) is 2.87. The molecule has 1 aliphatic rings. The molecular weight excluding hydrogens is 262 g/mol. The van der Waals surface area contributed by atoms with Crippen molar-refractivity contribution < 1.29 is 9.53 Å². The fourth-order valence-electron chi connectivity index (χ4n) is 2.37. The first-order valence-electron chi connectivity index (χ1n) is 7.01. The van der Waals surface area contributed by atoms with Crippen LogP contribution in [0.1, 0.15) is 23.1 Å². The number of hydrogen-bond donors (Lipinski definition) is 1. The maximum atomic E-state index is 11.3. The number of anilines is 1. The predicted octanol–water partition coefficient (Wildman–Crippen LogP) is 3.79. The molecule has 2 aromatic carbocycles. The molecule has 1 amide bonds. The topological polar surface area (TPSA) is 38.3 Å². The van der Waals surface area contributed by atoms with Gasteiger partial charge in [-0.3, -0.25) is 4.79 Å². The van der Waals surface area contributed by atoms with Gasteiger partial charge in [-0.05, 0) is 41.3 Å². The lowest BCUT2D eigenvalue weighted by Crippen LogP contribution is -2.18. The molecule has 1 N–H and O–H groups in total. The predicted molar refractivity (Wildman–Crippen MR) is 84.3 cm³/mol. The van der Waals surface area contributed by atoms with Gasteiger partial charge in [0.05, 0.1) is 0 Å². The van der Waals surface area contributed by atoms with Crippen LogP contribution in [0.5, 0.6) is 5.75 Å². The summed E-state index contributed by atoms with van der Waals surface area (Å²) in [7, 11) is 0. The highest BCUT2D eigenvalue weighted by molar-refractivity contribution is 5.93. The summed E-state index contributed by atoms with van der Waals surface area (Å²) in [6, 6.07) is 13.9. The monoisotopic (exact) mass is 279 g/mol. The molecular formula is C18H17NO2. The van der Waals surface area contributed by atoms with Crippen molar-refractivity contribution >= 4 is 17.7 Å². The van der Waals surface area contributed by atoms with Gasteiger partial charge in [-0.15, -0.1) is 0 Å². The average Bonchev–Trinajstić information content (AvgIpc) is 2.53. The van der Waals surface area contributed by atoms with E-state index in [1.54, 1.807) is 0 Å². The van der Waals surface area contributed by atoms with Gasteiger partial charge in [0, 0.05) is 12.1 Å². The summed E-state index contributed by atoms with van der Waals surface area (Å²) in [6.45, 7) is 4.27. The highest BCUT2D eigenvalue weighted by Gasteiger charge is 2.14. The molecule has 0 saturated carbocycles. The Kier molecular flexibility index (Phi) is 3.73. The number of aryl methyl sites for hydroxylation is 1. The van der Waals surface area contributed by atoms with E-state index in [9.17, 15) is 4.79 Å². The molecule has 0 unspecified atom stereocenters. The lowest BCUT2D eigenvalue weighted by Gasteiger charge is -2.17. The van der Waals surface area contributed by atoms with Crippen molar-refractivity contribution in [3.63, 3.8) is 0 Å². The zero-order valence-electron chi connectivity index (χ0n) is 11.8. The molecule has 0 spiro atoms. The van der Waals surface area contributed by atoms with Crippen LogP contribution in [0.15, 0.2) is 49.0 Å². The molecule has 0 aromatic heterocycles. The lowest BCUT2D eigenvalue weighted by molar-refractivity contribution is -0.116. The third kappa shape index (κ3) is 3.14. The molecule has 1 heterocycles. The van der Waals surface area contributed by atoms with Crippen LogP contribution in [0.2, 0.25) is 0 Å². The van der Waals surface area contributed by atoms with E-state index in [0.29, 0.717) is 13.0 Å². The number of amides is 1. The number of rotatable bonds is 4. The number of fused-ring (bicyclic) bond motifs is 1. The van der Waals surface area contributed by atoms with Crippen LogP contribution < -0.4 is 10.1 Å². The Morgan fingerprint density at radius 3 is 2.71 bits per heavy atom. The van der Waals surface area contributed by atoms with Crippen molar-refractivity contribution in [2.24, 2.45) is 0 Å². The number of hydrogen-bond acceptors (Lipinski definition) is 2. The number of ether oxygens (including phenoxy) is 1. The van der Waals surface area contributed by atoms with E-state index >= 15 is 0 Å². The molecule has 2 aromatic rings. The van der Waals surface area contributed by atoms with Crippen molar-refractivity contribution in [2.45, 2.75) is 19.4 Å². The Morgan fingerprint density at radius 1 is 1.14 bits per heavy atom. The zero-order chi connectivity index (χ0) is 14.7. The Bertz CT molecular complexity index is 674. The van der Waals surface area contributed by atoms with Crippen LogP contribution in [0.25, 0.3) is 6.08 Å². The number of nitrogens with one attached hydrogen (secondary N) is 1. The van der Waals surface area contributed by atoms with Crippen molar-refractivity contribution in [2.75, 3.05) is 5.32 Å². The maximum absolute atomic E-state index is 11.3. The molecule has 3 rings (SSSR count). The Balaban J connectivity index is 1.67. The number of carbonyl (C=O) groups excluding carboxylic acids is 1. The normalized spacial score (nSPS) is 13.2. The molecule has 0 fully saturated rings. The second-order valence-corrected chi connectivity index (χ2v) is 5.10. The Hall–Kier alpha value is -2.55. The van der Waals surface area contributed by atoms with Gasteiger partial charge in [-0.1, -0.05) is 36.9 Å². The van der Waals surface area contributed by atoms with Gasteiger partial charge in [0.1, 0.15) is 12.4 Å². The van der Waals surface area contributed by atoms with Gasteiger partial charge >= 0.3 is 0 Å². The van der Waals surface area contributed by atoms with Crippen LogP contribution in [-0.2, 0) is 17.8 Å². The van der Waals surface area contributed by atoms with Crippen molar-refractivity contribution in [3.05, 3.63) is 65.7 Å². The second kappa shape index (κ2) is 5.83. The number of benzene rings is 2. The summed E-state index contributed by atoms with van der Waals surface area (Å²) in [5.41, 5.74) is 4.25. The van der Waals surface area contributed by atoms with Gasteiger partial charge in [0.2, 0.25) is 5.91 Å². The van der Waals surface area contributed by atoms with Gasteiger partial charge in [0.25, 0.3) is 0 Å². The summed E-state index contributed by atoms with van der Waals surface area (Å²) >= 11 is 0.